The van der Waals surface area contributed by atoms with Gasteiger partial charge in [0.15, 0.2) is 0 Å². The molecule has 0 aromatic heterocycles. The van der Waals surface area contributed by atoms with Gasteiger partial charge in [-0.2, -0.15) is 0 Å². The van der Waals surface area contributed by atoms with Crippen molar-refractivity contribution in [2.45, 2.75) is 97.8 Å². The fourth-order valence-electron chi connectivity index (χ4n) is 3.89. The van der Waals surface area contributed by atoms with Gasteiger partial charge in [0.1, 0.15) is 0 Å². The van der Waals surface area contributed by atoms with E-state index < -0.39 is 0 Å². The lowest BCUT2D eigenvalue weighted by atomic mass is 9.67. The summed E-state index contributed by atoms with van der Waals surface area (Å²) in [7, 11) is 0. The van der Waals surface area contributed by atoms with Crippen LogP contribution in [0.1, 0.15) is 97.8 Å². The summed E-state index contributed by atoms with van der Waals surface area (Å²) in [6.07, 6.45) is 14.2. The molecule has 1 saturated heterocycles. The van der Waals surface area contributed by atoms with Crippen molar-refractivity contribution in [3.05, 3.63) is 0 Å². The van der Waals surface area contributed by atoms with Crippen molar-refractivity contribution in [1.29, 1.82) is 0 Å². The van der Waals surface area contributed by atoms with Crippen molar-refractivity contribution in [1.82, 2.24) is 5.06 Å². The fraction of sp³-hybridized carbons (Fsp3) is 0.947. The number of hydroxylamine groups is 2. The molecule has 0 radical (unpaired) electrons. The van der Waals surface area contributed by atoms with E-state index in [4.69, 9.17) is 0 Å². The van der Waals surface area contributed by atoms with Gasteiger partial charge in [0, 0.05) is 12.5 Å². The topological polar surface area (TPSA) is 40.5 Å². The van der Waals surface area contributed by atoms with E-state index in [1.807, 2.05) is 0 Å². The van der Waals surface area contributed by atoms with E-state index in [0.29, 0.717) is 6.54 Å². The highest BCUT2D eigenvalue weighted by atomic mass is 16.5. The summed E-state index contributed by atoms with van der Waals surface area (Å²) in [5.74, 6) is -0.00640. The highest BCUT2D eigenvalue weighted by Gasteiger charge is 2.41. The molecule has 130 valence electrons. The van der Waals surface area contributed by atoms with Crippen molar-refractivity contribution >= 4 is 5.91 Å². The normalized spacial score (nSPS) is 21.9. The third-order valence-electron chi connectivity index (χ3n) is 5.46. The Labute approximate surface area is 137 Å². The van der Waals surface area contributed by atoms with Crippen LogP contribution in [0.5, 0.6) is 0 Å². The van der Waals surface area contributed by atoms with Gasteiger partial charge >= 0.3 is 0 Å². The van der Waals surface area contributed by atoms with Crippen LogP contribution >= 0.6 is 0 Å². The second kappa shape index (κ2) is 10.3. The lowest BCUT2D eigenvalue weighted by Crippen LogP contribution is -2.46. The molecule has 2 unspecified atom stereocenters. The minimum Gasteiger partial charge on any atom is -0.286 e. The highest BCUT2D eigenvalue weighted by molar-refractivity contribution is 5.79. The molecule has 1 fully saturated rings. The first-order valence-electron chi connectivity index (χ1n) is 9.55. The molecule has 22 heavy (non-hydrogen) atoms. The summed E-state index contributed by atoms with van der Waals surface area (Å²) in [6, 6.07) is 0. The number of hydrogen-bond acceptors (Lipinski definition) is 2. The second-order valence-electron chi connectivity index (χ2n) is 7.43. The zero-order valence-corrected chi connectivity index (χ0v) is 15.1. The first kappa shape index (κ1) is 19.5. The van der Waals surface area contributed by atoms with Gasteiger partial charge in [0.25, 0.3) is 0 Å². The Bertz CT molecular complexity index is 319. The molecule has 2 atom stereocenters. The van der Waals surface area contributed by atoms with E-state index in [1.54, 1.807) is 0 Å². The zero-order chi connectivity index (χ0) is 16.4. The number of piperidine rings is 1. The molecule has 1 aliphatic rings. The van der Waals surface area contributed by atoms with Crippen molar-refractivity contribution in [2.24, 2.45) is 11.3 Å². The van der Waals surface area contributed by atoms with E-state index in [0.717, 1.165) is 30.7 Å². The summed E-state index contributed by atoms with van der Waals surface area (Å²) in [5, 5.41) is 10.8. The van der Waals surface area contributed by atoms with Crippen molar-refractivity contribution in [2.75, 3.05) is 6.54 Å². The maximum absolute atomic E-state index is 12.4. The summed E-state index contributed by atoms with van der Waals surface area (Å²) in [4.78, 5) is 12.4. The van der Waals surface area contributed by atoms with Gasteiger partial charge in [-0.15, -0.1) is 0 Å². The van der Waals surface area contributed by atoms with E-state index in [9.17, 15) is 10.0 Å². The van der Waals surface area contributed by atoms with Crippen molar-refractivity contribution < 1.29 is 10.0 Å². The Morgan fingerprint density at radius 1 is 1.05 bits per heavy atom. The molecule has 0 bridgehead atoms. The van der Waals surface area contributed by atoms with Crippen LogP contribution in [0.2, 0.25) is 0 Å². The van der Waals surface area contributed by atoms with Gasteiger partial charge in [0.05, 0.1) is 0 Å². The van der Waals surface area contributed by atoms with Crippen LogP contribution < -0.4 is 0 Å². The zero-order valence-electron chi connectivity index (χ0n) is 15.1. The highest BCUT2D eigenvalue weighted by Crippen LogP contribution is 2.43. The molecular weight excluding hydrogens is 274 g/mol. The average Bonchev–Trinajstić information content (AvgIpc) is 2.50. The molecule has 0 aromatic carbocycles. The third-order valence-corrected chi connectivity index (χ3v) is 5.46. The molecule has 0 spiro atoms. The molecule has 1 N–H and O–H groups in total. The first-order valence-corrected chi connectivity index (χ1v) is 9.55. The fourth-order valence-corrected chi connectivity index (χ4v) is 3.89. The van der Waals surface area contributed by atoms with Crippen LogP contribution in [0.15, 0.2) is 0 Å². The van der Waals surface area contributed by atoms with Crippen LogP contribution in [0.4, 0.5) is 0 Å². The van der Waals surface area contributed by atoms with E-state index in [1.165, 1.54) is 51.4 Å². The number of amides is 1. The molecule has 0 saturated carbocycles. The Morgan fingerprint density at radius 2 is 1.59 bits per heavy atom. The van der Waals surface area contributed by atoms with Crippen LogP contribution in [0.25, 0.3) is 0 Å². The predicted octanol–water partition coefficient (Wildman–Crippen LogP) is 5.56. The molecule has 3 nitrogen and oxygen atoms in total. The molecule has 1 amide bonds. The summed E-state index contributed by atoms with van der Waals surface area (Å²) >= 11 is 0. The Morgan fingerprint density at radius 3 is 2.23 bits per heavy atom. The number of nitrogens with zero attached hydrogens (tertiary/aromatic N) is 1. The van der Waals surface area contributed by atoms with E-state index >= 15 is 0 Å². The Hall–Kier alpha value is -0.570. The number of unbranched alkanes of at least 4 members (excludes halogenated alkanes) is 6. The molecule has 0 aliphatic carbocycles. The number of rotatable bonds is 11. The van der Waals surface area contributed by atoms with E-state index in [2.05, 4.69) is 20.8 Å². The third kappa shape index (κ3) is 5.91. The maximum Gasteiger partial charge on any atom is 0.249 e. The molecule has 1 heterocycles. The summed E-state index contributed by atoms with van der Waals surface area (Å²) in [5.41, 5.74) is 0.0693. The number of carbonyl (C=O) groups is 1. The van der Waals surface area contributed by atoms with Crippen LogP contribution in [-0.2, 0) is 4.79 Å². The van der Waals surface area contributed by atoms with Gasteiger partial charge in [-0.3, -0.25) is 10.0 Å². The Balaban J connectivity index is 2.61. The van der Waals surface area contributed by atoms with Crippen LogP contribution in [-0.4, -0.2) is 22.7 Å². The lowest BCUT2D eigenvalue weighted by molar-refractivity contribution is -0.182. The number of hydrogen-bond donors (Lipinski definition) is 1. The van der Waals surface area contributed by atoms with Crippen LogP contribution in [0, 0.1) is 11.3 Å². The number of carbonyl (C=O) groups excluding carboxylic acids is 1. The lowest BCUT2D eigenvalue weighted by Gasteiger charge is -2.41. The predicted molar refractivity (Wildman–Crippen MR) is 91.8 cm³/mol. The van der Waals surface area contributed by atoms with Crippen molar-refractivity contribution in [3.63, 3.8) is 0 Å². The van der Waals surface area contributed by atoms with Gasteiger partial charge in [-0.25, -0.2) is 5.06 Å². The van der Waals surface area contributed by atoms with Gasteiger partial charge < -0.3 is 0 Å². The average molecular weight is 312 g/mol. The molecule has 0 aromatic rings. The summed E-state index contributed by atoms with van der Waals surface area (Å²) < 4.78 is 0. The van der Waals surface area contributed by atoms with Gasteiger partial charge in [0.2, 0.25) is 5.91 Å². The molecule has 1 aliphatic heterocycles. The largest absolute Gasteiger partial charge is 0.286 e. The molecule has 1 rings (SSSR count). The molecule has 3 heteroatoms. The minimum absolute atomic E-state index is 0.0225. The Kier molecular flexibility index (Phi) is 9.08. The first-order chi connectivity index (χ1) is 10.5. The molecular formula is C19H37NO2. The van der Waals surface area contributed by atoms with Gasteiger partial charge in [-0.1, -0.05) is 72.1 Å². The summed E-state index contributed by atoms with van der Waals surface area (Å²) in [6.45, 7) is 7.27. The smallest absolute Gasteiger partial charge is 0.249 e. The second-order valence-corrected chi connectivity index (χ2v) is 7.43. The van der Waals surface area contributed by atoms with Crippen molar-refractivity contribution in [3.8, 4) is 0 Å². The minimum atomic E-state index is -0.0289. The quantitative estimate of drug-likeness (QED) is 0.401. The van der Waals surface area contributed by atoms with Crippen LogP contribution in [0.3, 0.4) is 0 Å². The standard InChI is InChI=1S/C19H37NO2/c1-4-6-8-9-11-15-19(3,14-10-7-5-2)17-13-12-16-20(22)18(17)21/h17,22H,4-16H2,1-3H3. The maximum atomic E-state index is 12.4. The van der Waals surface area contributed by atoms with E-state index in [-0.39, 0.29) is 17.2 Å². The van der Waals surface area contributed by atoms with Gasteiger partial charge in [-0.05, 0) is 31.1 Å². The SMILES string of the molecule is CCCCCCCC(C)(CCCCC)C1CCCN(O)C1=O. The monoisotopic (exact) mass is 311 g/mol.